The molecule has 0 fully saturated rings. The molecule has 0 spiro atoms. The lowest BCUT2D eigenvalue weighted by atomic mass is 9.77. The molecule has 0 aliphatic carbocycles. The van der Waals surface area contributed by atoms with Gasteiger partial charge in [0, 0.05) is 25.0 Å². The lowest BCUT2D eigenvalue weighted by Crippen LogP contribution is -2.47. The summed E-state index contributed by atoms with van der Waals surface area (Å²) < 4.78 is 14.8. The molecule has 170 valence electrons. The molecule has 0 saturated carbocycles. The molecule has 0 bridgehead atoms. The van der Waals surface area contributed by atoms with Crippen molar-refractivity contribution in [2.75, 3.05) is 6.54 Å². The lowest BCUT2D eigenvalue weighted by Gasteiger charge is -2.34. The highest BCUT2D eigenvalue weighted by Crippen LogP contribution is 2.45. The van der Waals surface area contributed by atoms with Gasteiger partial charge in [-0.3, -0.25) is 9.59 Å². The number of carboxylic acid groups (broad SMARTS) is 1. The van der Waals surface area contributed by atoms with Crippen LogP contribution in [0.4, 0.5) is 9.18 Å². The van der Waals surface area contributed by atoms with E-state index in [4.69, 9.17) is 0 Å². The molecule has 3 heterocycles. The fourth-order valence-corrected chi connectivity index (χ4v) is 4.81. The van der Waals surface area contributed by atoms with Gasteiger partial charge >= 0.3 is 11.7 Å². The zero-order chi connectivity index (χ0) is 23.4. The number of nitrogens with zero attached hydrogens (tertiary/aromatic N) is 3. The minimum Gasteiger partial charge on any atom is -0.501 e. The van der Waals surface area contributed by atoms with Gasteiger partial charge in [-0.05, 0) is 29.5 Å². The minimum absolute atomic E-state index is 0.135. The van der Waals surface area contributed by atoms with Crippen molar-refractivity contribution in [2.45, 2.75) is 51.7 Å². The van der Waals surface area contributed by atoms with Crippen LogP contribution in [0.25, 0.3) is 0 Å². The molecule has 3 N–H and O–H groups in total. The van der Waals surface area contributed by atoms with Crippen LogP contribution in [0, 0.1) is 11.2 Å². The predicted octanol–water partition coefficient (Wildman–Crippen LogP) is 2.45. The van der Waals surface area contributed by atoms with E-state index in [1.54, 1.807) is 16.7 Å². The fourth-order valence-electron chi connectivity index (χ4n) is 4.81. The van der Waals surface area contributed by atoms with Crippen LogP contribution in [0.15, 0.2) is 29.1 Å². The standard InChI is InChI=1S/C22H25FN4O5/c1-22(2,3)17(24-21(31)32)14-8-13-10-26(9-11-4-6-12(23)7-5-11)20(30)15-16(28)19(29)25-18(14)27(13)15/h4-7,13-14,17,24,28H,8-10H2,1-3H3,(H,31,32). The number of benzene rings is 1. The molecule has 3 atom stereocenters. The molecular formula is C22H25FN4O5. The van der Waals surface area contributed by atoms with Crippen molar-refractivity contribution >= 4 is 12.0 Å². The van der Waals surface area contributed by atoms with Crippen LogP contribution < -0.4 is 10.9 Å². The van der Waals surface area contributed by atoms with Crippen molar-refractivity contribution < 1.29 is 24.2 Å². The molecule has 2 aliphatic heterocycles. The van der Waals surface area contributed by atoms with Crippen LogP contribution in [0.5, 0.6) is 5.75 Å². The van der Waals surface area contributed by atoms with Crippen LogP contribution >= 0.6 is 0 Å². The first kappa shape index (κ1) is 21.8. The Morgan fingerprint density at radius 2 is 1.94 bits per heavy atom. The van der Waals surface area contributed by atoms with Crippen molar-refractivity contribution in [3.8, 4) is 5.75 Å². The molecule has 2 aliphatic rings. The monoisotopic (exact) mass is 444 g/mol. The smallest absolute Gasteiger partial charge is 0.404 e. The quantitative estimate of drug-likeness (QED) is 0.665. The highest BCUT2D eigenvalue weighted by molar-refractivity contribution is 5.96. The Labute approximate surface area is 183 Å². The molecule has 3 unspecified atom stereocenters. The number of aromatic nitrogens is 2. The van der Waals surface area contributed by atoms with Gasteiger partial charge in [0.25, 0.3) is 5.91 Å². The second-order valence-electron chi connectivity index (χ2n) is 9.44. The van der Waals surface area contributed by atoms with Gasteiger partial charge in [-0.2, -0.15) is 4.98 Å². The maximum atomic E-state index is 13.3. The van der Waals surface area contributed by atoms with Crippen LogP contribution in [0.3, 0.4) is 0 Å². The zero-order valence-corrected chi connectivity index (χ0v) is 18.0. The summed E-state index contributed by atoms with van der Waals surface area (Å²) in [6.07, 6.45) is -0.747. The SMILES string of the molecule is CC(C)(C)C(NC(=O)O)C1CC2CN(Cc3ccc(F)cc3)C(=O)c3c(O)c(=O)nc1n32. The summed E-state index contributed by atoms with van der Waals surface area (Å²) in [6, 6.07) is 4.90. The number of hydrogen-bond donors (Lipinski definition) is 3. The van der Waals surface area contributed by atoms with E-state index >= 15 is 0 Å². The van der Waals surface area contributed by atoms with Gasteiger partial charge in [0.15, 0.2) is 5.69 Å². The van der Waals surface area contributed by atoms with Crippen molar-refractivity contribution in [1.29, 1.82) is 0 Å². The maximum Gasteiger partial charge on any atom is 0.404 e. The summed E-state index contributed by atoms with van der Waals surface area (Å²) in [7, 11) is 0. The highest BCUT2D eigenvalue weighted by Gasteiger charge is 2.48. The van der Waals surface area contributed by atoms with Gasteiger partial charge < -0.3 is 25.0 Å². The van der Waals surface area contributed by atoms with E-state index in [0.29, 0.717) is 24.4 Å². The Kier molecular flexibility index (Phi) is 5.18. The van der Waals surface area contributed by atoms with E-state index in [9.17, 15) is 29.0 Å². The Morgan fingerprint density at radius 1 is 1.28 bits per heavy atom. The summed E-state index contributed by atoms with van der Waals surface area (Å²) in [5.41, 5.74) is -0.843. The molecule has 1 aromatic carbocycles. The summed E-state index contributed by atoms with van der Waals surface area (Å²) in [6.45, 7) is 6.13. The van der Waals surface area contributed by atoms with Crippen molar-refractivity contribution in [1.82, 2.24) is 19.8 Å². The number of carbonyl (C=O) groups excluding carboxylic acids is 1. The Hall–Kier alpha value is -3.43. The first-order valence-electron chi connectivity index (χ1n) is 10.4. The first-order valence-corrected chi connectivity index (χ1v) is 10.4. The van der Waals surface area contributed by atoms with E-state index in [0.717, 1.165) is 0 Å². The average molecular weight is 444 g/mol. The van der Waals surface area contributed by atoms with E-state index < -0.39 is 40.7 Å². The first-order chi connectivity index (χ1) is 15.0. The molecule has 0 saturated heterocycles. The summed E-state index contributed by atoms with van der Waals surface area (Å²) in [5, 5.41) is 22.4. The minimum atomic E-state index is -1.19. The molecule has 0 radical (unpaired) electrons. The summed E-state index contributed by atoms with van der Waals surface area (Å²) in [4.78, 5) is 42.7. The van der Waals surface area contributed by atoms with E-state index in [1.807, 2.05) is 20.8 Å². The third-order valence-corrected chi connectivity index (χ3v) is 6.18. The number of rotatable bonds is 4. The zero-order valence-electron chi connectivity index (χ0n) is 18.0. The van der Waals surface area contributed by atoms with Gasteiger partial charge in [0.05, 0.1) is 6.04 Å². The normalized spacial score (nSPS) is 20.8. The van der Waals surface area contributed by atoms with Gasteiger partial charge in [-0.15, -0.1) is 0 Å². The van der Waals surface area contributed by atoms with E-state index in [2.05, 4.69) is 10.3 Å². The van der Waals surface area contributed by atoms with Crippen LogP contribution in [-0.4, -0.2) is 49.3 Å². The molecule has 4 rings (SSSR count). The Morgan fingerprint density at radius 3 is 2.53 bits per heavy atom. The van der Waals surface area contributed by atoms with Crippen LogP contribution in [-0.2, 0) is 6.54 Å². The summed E-state index contributed by atoms with van der Waals surface area (Å²) in [5.74, 6) is -1.78. The number of halogens is 1. The number of aromatic hydroxyl groups is 1. The largest absolute Gasteiger partial charge is 0.501 e. The second kappa shape index (κ2) is 7.61. The van der Waals surface area contributed by atoms with Crippen LogP contribution in [0.2, 0.25) is 0 Å². The number of nitrogens with one attached hydrogen (secondary N) is 1. The van der Waals surface area contributed by atoms with Gasteiger partial charge in [0.2, 0.25) is 5.75 Å². The summed E-state index contributed by atoms with van der Waals surface area (Å²) >= 11 is 0. The lowest BCUT2D eigenvalue weighted by molar-refractivity contribution is 0.0648. The topological polar surface area (TPSA) is 125 Å². The third kappa shape index (κ3) is 3.69. The highest BCUT2D eigenvalue weighted by atomic mass is 19.1. The number of amides is 2. The second-order valence-corrected chi connectivity index (χ2v) is 9.44. The van der Waals surface area contributed by atoms with E-state index in [-0.39, 0.29) is 24.1 Å². The van der Waals surface area contributed by atoms with Gasteiger partial charge in [-0.1, -0.05) is 32.9 Å². The average Bonchev–Trinajstić information content (AvgIpc) is 3.04. The molecule has 2 aromatic rings. The van der Waals surface area contributed by atoms with Crippen molar-refractivity contribution in [3.05, 3.63) is 57.5 Å². The van der Waals surface area contributed by atoms with Gasteiger partial charge in [0.1, 0.15) is 11.6 Å². The van der Waals surface area contributed by atoms with Crippen molar-refractivity contribution in [2.24, 2.45) is 5.41 Å². The predicted molar refractivity (Wildman–Crippen MR) is 112 cm³/mol. The number of hydrogen-bond acceptors (Lipinski definition) is 5. The molecule has 2 amide bonds. The molecule has 9 nitrogen and oxygen atoms in total. The molecule has 10 heteroatoms. The molecular weight excluding hydrogens is 419 g/mol. The van der Waals surface area contributed by atoms with Crippen molar-refractivity contribution in [3.63, 3.8) is 0 Å². The Balaban J connectivity index is 1.76. The van der Waals surface area contributed by atoms with E-state index in [1.165, 1.54) is 17.0 Å². The Bertz CT molecular complexity index is 1140. The fraction of sp³-hybridized carbons (Fsp3) is 0.455. The van der Waals surface area contributed by atoms with Gasteiger partial charge in [-0.25, -0.2) is 9.18 Å². The number of carbonyl (C=O) groups is 2. The third-order valence-electron chi connectivity index (χ3n) is 6.18. The molecule has 1 aromatic heterocycles. The van der Waals surface area contributed by atoms with Crippen LogP contribution in [0.1, 0.15) is 61.0 Å². The maximum absolute atomic E-state index is 13.3. The molecule has 32 heavy (non-hydrogen) atoms.